The minimum atomic E-state index is -0.649. The Labute approximate surface area is 213 Å². The molecule has 2 aliphatic rings. The van der Waals surface area contributed by atoms with E-state index in [1.807, 2.05) is 30.3 Å². The minimum absolute atomic E-state index is 0.0365. The van der Waals surface area contributed by atoms with Gasteiger partial charge in [-0.3, -0.25) is 24.1 Å². The number of amides is 4. The van der Waals surface area contributed by atoms with E-state index in [1.165, 1.54) is 0 Å². The van der Waals surface area contributed by atoms with Gasteiger partial charge in [0.2, 0.25) is 5.91 Å². The molecule has 0 aliphatic carbocycles. The van der Waals surface area contributed by atoms with Crippen molar-refractivity contribution in [2.75, 3.05) is 29.9 Å². The number of anilines is 2. The van der Waals surface area contributed by atoms with Crippen LogP contribution in [-0.2, 0) is 9.59 Å². The molecule has 0 saturated carbocycles. The van der Waals surface area contributed by atoms with Gasteiger partial charge >= 0.3 is 0 Å². The second-order valence-electron chi connectivity index (χ2n) is 8.70. The molecule has 9 nitrogen and oxygen atoms in total. The fourth-order valence-corrected chi connectivity index (χ4v) is 4.37. The van der Waals surface area contributed by atoms with E-state index < -0.39 is 17.9 Å². The average molecular weight is 500 g/mol. The second kappa shape index (κ2) is 10.1. The number of carbonyl (C=O) groups excluding carboxylic acids is 4. The Balaban J connectivity index is 1.23. The molecule has 2 aliphatic heterocycles. The molecular weight excluding hydrogens is 474 g/mol. The lowest BCUT2D eigenvalue weighted by Crippen LogP contribution is -2.46. The van der Waals surface area contributed by atoms with Crippen molar-refractivity contribution in [3.05, 3.63) is 83.9 Å². The molecule has 5 rings (SSSR count). The number of carbonyl (C=O) groups is 4. The summed E-state index contributed by atoms with van der Waals surface area (Å²) in [6.07, 6.45) is -0.715. The van der Waals surface area contributed by atoms with Crippen LogP contribution < -0.4 is 19.7 Å². The van der Waals surface area contributed by atoms with Crippen LogP contribution in [0.25, 0.3) is 0 Å². The third-order valence-electron chi connectivity index (χ3n) is 6.22. The summed E-state index contributed by atoms with van der Waals surface area (Å²) >= 11 is 0. The summed E-state index contributed by atoms with van der Waals surface area (Å²) in [5, 5.41) is 2.78. The zero-order valence-corrected chi connectivity index (χ0v) is 20.2. The van der Waals surface area contributed by atoms with E-state index in [1.54, 1.807) is 54.3 Å². The van der Waals surface area contributed by atoms with E-state index in [4.69, 9.17) is 9.47 Å². The summed E-state index contributed by atoms with van der Waals surface area (Å²) in [6.45, 7) is 2.22. The van der Waals surface area contributed by atoms with Crippen molar-refractivity contribution < 1.29 is 28.7 Å². The maximum Gasteiger partial charge on any atom is 0.267 e. The lowest BCUT2D eigenvalue weighted by molar-refractivity contribution is -0.125. The number of nitrogens with zero attached hydrogens (tertiary/aromatic N) is 2. The summed E-state index contributed by atoms with van der Waals surface area (Å²) in [6, 6.07) is 21.0. The van der Waals surface area contributed by atoms with Crippen LogP contribution in [0.5, 0.6) is 11.5 Å². The first-order valence-corrected chi connectivity index (χ1v) is 12.0. The Morgan fingerprint density at radius 3 is 2.27 bits per heavy atom. The lowest BCUT2D eigenvalue weighted by Gasteiger charge is -2.33. The van der Waals surface area contributed by atoms with Gasteiger partial charge in [0.15, 0.2) is 6.10 Å². The number of imide groups is 1. The lowest BCUT2D eigenvalue weighted by atomic mass is 10.1. The van der Waals surface area contributed by atoms with Crippen LogP contribution in [0, 0.1) is 0 Å². The van der Waals surface area contributed by atoms with Crippen LogP contribution in [0.4, 0.5) is 11.4 Å². The SMILES string of the molecule is CC1Oc2ccc(NC(=O)CCN3C(=O)c4ccccc4C3=O)cc2N(CCOc2ccccc2)C1=O. The molecule has 4 amide bonds. The van der Waals surface area contributed by atoms with Crippen molar-refractivity contribution in [1.29, 1.82) is 0 Å². The Hall–Kier alpha value is -4.66. The molecule has 0 saturated heterocycles. The van der Waals surface area contributed by atoms with Crippen molar-refractivity contribution in [3.63, 3.8) is 0 Å². The van der Waals surface area contributed by atoms with E-state index in [-0.39, 0.29) is 31.4 Å². The highest BCUT2D eigenvalue weighted by Crippen LogP contribution is 2.36. The fraction of sp³-hybridized carbons (Fsp3) is 0.214. The van der Waals surface area contributed by atoms with Gasteiger partial charge in [-0.2, -0.15) is 0 Å². The first-order chi connectivity index (χ1) is 17.9. The highest BCUT2D eigenvalue weighted by Gasteiger charge is 2.35. The van der Waals surface area contributed by atoms with Crippen LogP contribution in [0.3, 0.4) is 0 Å². The highest BCUT2D eigenvalue weighted by molar-refractivity contribution is 6.21. The Morgan fingerprint density at radius 2 is 1.57 bits per heavy atom. The molecule has 1 atom stereocenters. The molecule has 1 N–H and O–H groups in total. The standard InChI is InChI=1S/C28H25N3O6/c1-18-26(33)30(15-16-36-20-7-3-2-4-8-20)23-17-19(11-12-24(23)37-18)29-25(32)13-14-31-27(34)21-9-5-6-10-22(21)28(31)35/h2-12,17-18H,13-16H2,1H3,(H,29,32). The molecule has 0 bridgehead atoms. The number of benzene rings is 3. The number of nitrogens with one attached hydrogen (secondary N) is 1. The molecular formula is C28H25N3O6. The predicted octanol–water partition coefficient (Wildman–Crippen LogP) is 3.50. The van der Waals surface area contributed by atoms with Crippen molar-refractivity contribution in [1.82, 2.24) is 4.90 Å². The summed E-state index contributed by atoms with van der Waals surface area (Å²) in [5.41, 5.74) is 1.68. The summed E-state index contributed by atoms with van der Waals surface area (Å²) in [4.78, 5) is 53.2. The van der Waals surface area contributed by atoms with Crippen LogP contribution in [0.2, 0.25) is 0 Å². The molecule has 0 spiro atoms. The molecule has 2 heterocycles. The van der Waals surface area contributed by atoms with Crippen molar-refractivity contribution in [2.24, 2.45) is 0 Å². The number of para-hydroxylation sites is 1. The van der Waals surface area contributed by atoms with Gasteiger partial charge in [-0.15, -0.1) is 0 Å². The third kappa shape index (κ3) is 4.88. The van der Waals surface area contributed by atoms with E-state index >= 15 is 0 Å². The smallest absolute Gasteiger partial charge is 0.267 e. The zero-order chi connectivity index (χ0) is 25.9. The molecule has 3 aromatic carbocycles. The van der Waals surface area contributed by atoms with Crippen LogP contribution in [-0.4, -0.2) is 54.3 Å². The van der Waals surface area contributed by atoms with Crippen LogP contribution >= 0.6 is 0 Å². The van der Waals surface area contributed by atoms with E-state index in [2.05, 4.69) is 5.32 Å². The predicted molar refractivity (Wildman–Crippen MR) is 136 cm³/mol. The second-order valence-corrected chi connectivity index (χ2v) is 8.70. The first kappa shape index (κ1) is 24.1. The van der Waals surface area contributed by atoms with Crippen molar-refractivity contribution >= 4 is 35.0 Å². The summed E-state index contributed by atoms with van der Waals surface area (Å²) < 4.78 is 11.5. The topological polar surface area (TPSA) is 105 Å². The summed E-state index contributed by atoms with van der Waals surface area (Å²) in [7, 11) is 0. The molecule has 9 heteroatoms. The molecule has 3 aromatic rings. The number of hydrogen-bond acceptors (Lipinski definition) is 6. The highest BCUT2D eigenvalue weighted by atomic mass is 16.5. The quantitative estimate of drug-likeness (QED) is 0.476. The summed E-state index contributed by atoms with van der Waals surface area (Å²) in [5.74, 6) is -0.155. The van der Waals surface area contributed by atoms with Gasteiger partial charge in [0.25, 0.3) is 17.7 Å². The Kier molecular flexibility index (Phi) is 6.59. The van der Waals surface area contributed by atoms with Gasteiger partial charge in [0.1, 0.15) is 18.1 Å². The fourth-order valence-electron chi connectivity index (χ4n) is 4.37. The largest absolute Gasteiger partial charge is 0.492 e. The first-order valence-electron chi connectivity index (χ1n) is 12.0. The van der Waals surface area contributed by atoms with Crippen LogP contribution in [0.15, 0.2) is 72.8 Å². The average Bonchev–Trinajstić information content (AvgIpc) is 3.15. The van der Waals surface area contributed by atoms with E-state index in [9.17, 15) is 19.2 Å². The third-order valence-corrected chi connectivity index (χ3v) is 6.22. The van der Waals surface area contributed by atoms with Gasteiger partial charge in [-0.25, -0.2) is 0 Å². The number of ether oxygens (including phenoxy) is 2. The van der Waals surface area contributed by atoms with Crippen LogP contribution in [0.1, 0.15) is 34.1 Å². The minimum Gasteiger partial charge on any atom is -0.492 e. The number of rotatable bonds is 8. The van der Waals surface area contributed by atoms with Gasteiger partial charge in [0, 0.05) is 18.7 Å². The van der Waals surface area contributed by atoms with Crippen molar-refractivity contribution in [3.8, 4) is 11.5 Å². The van der Waals surface area contributed by atoms with Gasteiger partial charge in [-0.1, -0.05) is 30.3 Å². The molecule has 37 heavy (non-hydrogen) atoms. The van der Waals surface area contributed by atoms with E-state index in [0.29, 0.717) is 40.5 Å². The molecule has 188 valence electrons. The Morgan fingerprint density at radius 1 is 0.892 bits per heavy atom. The normalized spacial score (nSPS) is 16.2. The van der Waals surface area contributed by atoms with Crippen molar-refractivity contribution in [2.45, 2.75) is 19.4 Å². The maximum atomic E-state index is 12.9. The molecule has 0 fully saturated rings. The van der Waals surface area contributed by atoms with Gasteiger partial charge in [-0.05, 0) is 49.4 Å². The molecule has 0 aromatic heterocycles. The Bertz CT molecular complexity index is 1340. The zero-order valence-electron chi connectivity index (χ0n) is 20.2. The number of hydrogen-bond donors (Lipinski definition) is 1. The van der Waals surface area contributed by atoms with E-state index in [0.717, 1.165) is 4.90 Å². The molecule has 1 unspecified atom stereocenters. The van der Waals surface area contributed by atoms with Gasteiger partial charge < -0.3 is 19.7 Å². The number of fused-ring (bicyclic) bond motifs is 2. The monoisotopic (exact) mass is 499 g/mol. The molecule has 0 radical (unpaired) electrons. The van der Waals surface area contributed by atoms with Gasteiger partial charge in [0.05, 0.1) is 23.4 Å². The maximum absolute atomic E-state index is 12.9.